The van der Waals surface area contributed by atoms with Gasteiger partial charge in [-0.3, -0.25) is 4.99 Å². The van der Waals surface area contributed by atoms with Crippen molar-refractivity contribution in [2.45, 2.75) is 19.6 Å². The monoisotopic (exact) mass is 475 g/mol. The zero-order chi connectivity index (χ0) is 17.2. The van der Waals surface area contributed by atoms with Gasteiger partial charge in [0.1, 0.15) is 5.75 Å². The fourth-order valence-corrected chi connectivity index (χ4v) is 2.99. The Morgan fingerprint density at radius 3 is 2.72 bits per heavy atom. The molecule has 7 heteroatoms. The molecule has 0 aliphatic rings. The van der Waals surface area contributed by atoms with E-state index in [1.807, 2.05) is 24.3 Å². The second kappa shape index (κ2) is 12.1. The molecule has 0 fully saturated rings. The molecule has 0 amide bonds. The Hall–Kier alpha value is -1.32. The van der Waals surface area contributed by atoms with Crippen LogP contribution in [0.3, 0.4) is 0 Å². The van der Waals surface area contributed by atoms with Gasteiger partial charge >= 0.3 is 0 Å². The lowest BCUT2D eigenvalue weighted by Crippen LogP contribution is -2.40. The molecular formula is C18H26IN3O2S. The van der Waals surface area contributed by atoms with E-state index in [4.69, 9.17) is 9.47 Å². The number of hydrogen-bond donors (Lipinski definition) is 2. The Balaban J connectivity index is 0.00000312. The van der Waals surface area contributed by atoms with Crippen molar-refractivity contribution >= 4 is 41.3 Å². The summed E-state index contributed by atoms with van der Waals surface area (Å²) in [6.07, 6.45) is 0. The molecule has 0 aliphatic heterocycles. The van der Waals surface area contributed by atoms with Gasteiger partial charge in [0.25, 0.3) is 0 Å². The van der Waals surface area contributed by atoms with Crippen molar-refractivity contribution in [2.75, 3.05) is 27.3 Å². The number of aliphatic imine (C=N–C) groups is 1. The summed E-state index contributed by atoms with van der Waals surface area (Å²) in [5.74, 6) is 1.63. The molecule has 25 heavy (non-hydrogen) atoms. The van der Waals surface area contributed by atoms with E-state index in [9.17, 15) is 0 Å². The third kappa shape index (κ3) is 7.21. The molecule has 0 bridgehead atoms. The molecule has 1 heterocycles. The maximum absolute atomic E-state index is 5.71. The minimum absolute atomic E-state index is 0. The molecule has 0 spiro atoms. The molecule has 1 aromatic carbocycles. The fourth-order valence-electron chi connectivity index (χ4n) is 2.25. The van der Waals surface area contributed by atoms with Gasteiger partial charge in [-0.25, -0.2) is 0 Å². The summed E-state index contributed by atoms with van der Waals surface area (Å²) in [4.78, 5) is 5.53. The molecule has 1 unspecified atom stereocenters. The molecule has 138 valence electrons. The third-order valence-electron chi connectivity index (χ3n) is 3.54. The smallest absolute Gasteiger partial charge is 0.191 e. The molecule has 2 rings (SSSR count). The Morgan fingerprint density at radius 1 is 1.24 bits per heavy atom. The highest BCUT2D eigenvalue weighted by Crippen LogP contribution is 2.18. The standard InChI is InChI=1S/C18H25N3O2S.HI/c1-14(17-9-6-12-24-17)21-18(19-2)20-10-11-23-13-15-7-4-5-8-16(15)22-3;/h4-9,12,14H,10-11,13H2,1-3H3,(H2,19,20,21);1H. The van der Waals surface area contributed by atoms with Gasteiger partial charge in [0.05, 0.1) is 26.4 Å². The largest absolute Gasteiger partial charge is 0.496 e. The van der Waals surface area contributed by atoms with Crippen LogP contribution in [0.4, 0.5) is 0 Å². The van der Waals surface area contributed by atoms with E-state index >= 15 is 0 Å². The molecule has 5 nitrogen and oxygen atoms in total. The molecule has 1 atom stereocenters. The van der Waals surface area contributed by atoms with Gasteiger partial charge in [-0.15, -0.1) is 35.3 Å². The number of thiophene rings is 1. The zero-order valence-corrected chi connectivity index (χ0v) is 18.0. The molecule has 0 saturated carbocycles. The first-order valence-corrected chi connectivity index (χ1v) is 8.82. The van der Waals surface area contributed by atoms with Crippen molar-refractivity contribution in [1.82, 2.24) is 10.6 Å². The zero-order valence-electron chi connectivity index (χ0n) is 14.8. The first kappa shape index (κ1) is 21.7. The van der Waals surface area contributed by atoms with Crippen molar-refractivity contribution in [1.29, 1.82) is 0 Å². The van der Waals surface area contributed by atoms with Crippen molar-refractivity contribution in [3.8, 4) is 5.75 Å². The first-order chi connectivity index (χ1) is 11.7. The van der Waals surface area contributed by atoms with Crippen LogP contribution in [0.15, 0.2) is 46.8 Å². The Labute approximate surface area is 170 Å². The molecule has 2 aromatic rings. The maximum atomic E-state index is 5.71. The quantitative estimate of drug-likeness (QED) is 0.264. The van der Waals surface area contributed by atoms with Gasteiger partial charge in [-0.05, 0) is 24.4 Å². The number of halogens is 1. The van der Waals surface area contributed by atoms with Crippen molar-refractivity contribution in [2.24, 2.45) is 4.99 Å². The second-order valence-electron chi connectivity index (χ2n) is 5.24. The van der Waals surface area contributed by atoms with Crippen LogP contribution in [0.1, 0.15) is 23.4 Å². The second-order valence-corrected chi connectivity index (χ2v) is 6.22. The molecule has 2 N–H and O–H groups in total. The summed E-state index contributed by atoms with van der Waals surface area (Å²) in [6, 6.07) is 12.3. The van der Waals surface area contributed by atoms with E-state index in [-0.39, 0.29) is 30.0 Å². The highest BCUT2D eigenvalue weighted by Gasteiger charge is 2.08. The van der Waals surface area contributed by atoms with E-state index in [0.717, 1.165) is 17.3 Å². The average molecular weight is 475 g/mol. The topological polar surface area (TPSA) is 54.9 Å². The fraction of sp³-hybridized carbons (Fsp3) is 0.389. The van der Waals surface area contributed by atoms with Crippen LogP contribution in [-0.4, -0.2) is 33.3 Å². The van der Waals surface area contributed by atoms with Crippen LogP contribution in [0.5, 0.6) is 5.75 Å². The molecule has 1 aromatic heterocycles. The maximum Gasteiger partial charge on any atom is 0.191 e. The molecule has 0 aliphatic carbocycles. The van der Waals surface area contributed by atoms with Crippen LogP contribution in [0, 0.1) is 0 Å². The number of benzene rings is 1. The number of rotatable bonds is 8. The minimum atomic E-state index is 0. The van der Waals surface area contributed by atoms with Gasteiger partial charge in [-0.2, -0.15) is 0 Å². The predicted octanol–water partition coefficient (Wildman–Crippen LogP) is 3.82. The van der Waals surface area contributed by atoms with Gasteiger partial charge in [0.2, 0.25) is 0 Å². The Morgan fingerprint density at radius 2 is 2.04 bits per heavy atom. The highest BCUT2D eigenvalue weighted by atomic mass is 127. The van der Waals surface area contributed by atoms with Crippen molar-refractivity contribution in [3.63, 3.8) is 0 Å². The number of para-hydroxylation sites is 1. The van der Waals surface area contributed by atoms with E-state index in [1.54, 1.807) is 25.5 Å². The number of methoxy groups -OCH3 is 1. The summed E-state index contributed by atoms with van der Waals surface area (Å²) < 4.78 is 11.0. The van der Waals surface area contributed by atoms with Gasteiger partial charge in [-0.1, -0.05) is 24.3 Å². The summed E-state index contributed by atoms with van der Waals surface area (Å²) in [5, 5.41) is 8.71. The molecular weight excluding hydrogens is 449 g/mol. The average Bonchev–Trinajstić information content (AvgIpc) is 3.15. The summed E-state index contributed by atoms with van der Waals surface area (Å²) in [5.41, 5.74) is 1.05. The molecule has 0 saturated heterocycles. The van der Waals surface area contributed by atoms with E-state index in [0.29, 0.717) is 19.8 Å². The van der Waals surface area contributed by atoms with E-state index in [1.165, 1.54) is 4.88 Å². The van der Waals surface area contributed by atoms with Crippen LogP contribution in [0.2, 0.25) is 0 Å². The van der Waals surface area contributed by atoms with E-state index in [2.05, 4.69) is 40.1 Å². The van der Waals surface area contributed by atoms with Gasteiger partial charge in [0.15, 0.2) is 5.96 Å². The van der Waals surface area contributed by atoms with Crippen molar-refractivity contribution < 1.29 is 9.47 Å². The van der Waals surface area contributed by atoms with Crippen molar-refractivity contribution in [3.05, 3.63) is 52.2 Å². The summed E-state index contributed by atoms with van der Waals surface area (Å²) >= 11 is 1.73. The van der Waals surface area contributed by atoms with E-state index < -0.39 is 0 Å². The summed E-state index contributed by atoms with van der Waals surface area (Å²) in [6.45, 7) is 3.93. The first-order valence-electron chi connectivity index (χ1n) is 7.94. The number of guanidine groups is 1. The lowest BCUT2D eigenvalue weighted by Gasteiger charge is -2.17. The lowest BCUT2D eigenvalue weighted by molar-refractivity contribution is 0.123. The highest BCUT2D eigenvalue weighted by molar-refractivity contribution is 14.0. The van der Waals surface area contributed by atoms with Crippen LogP contribution in [0.25, 0.3) is 0 Å². The summed E-state index contributed by atoms with van der Waals surface area (Å²) in [7, 11) is 3.44. The molecule has 0 radical (unpaired) electrons. The predicted molar refractivity (Wildman–Crippen MR) is 115 cm³/mol. The lowest BCUT2D eigenvalue weighted by atomic mass is 10.2. The van der Waals surface area contributed by atoms with Gasteiger partial charge < -0.3 is 20.1 Å². The number of hydrogen-bond acceptors (Lipinski definition) is 4. The van der Waals surface area contributed by atoms with Gasteiger partial charge in [0, 0.05) is 24.0 Å². The Bertz CT molecular complexity index is 635. The van der Waals surface area contributed by atoms with Crippen LogP contribution < -0.4 is 15.4 Å². The SMILES string of the molecule is CN=C(NCCOCc1ccccc1OC)NC(C)c1cccs1.I. The third-order valence-corrected chi connectivity index (χ3v) is 4.59. The minimum Gasteiger partial charge on any atom is -0.496 e. The van der Waals surface area contributed by atoms with Crippen LogP contribution in [-0.2, 0) is 11.3 Å². The number of nitrogens with zero attached hydrogens (tertiary/aromatic N) is 1. The number of ether oxygens (including phenoxy) is 2. The van der Waals surface area contributed by atoms with Crippen LogP contribution >= 0.6 is 35.3 Å². The normalized spacial score (nSPS) is 12.2. The number of nitrogens with one attached hydrogen (secondary N) is 2. The Kier molecular flexibility index (Phi) is 10.5.